The van der Waals surface area contributed by atoms with Gasteiger partial charge >= 0.3 is 5.97 Å². The number of rotatable bonds is 9. The highest BCUT2D eigenvalue weighted by molar-refractivity contribution is 5.95. The molecule has 26 heavy (non-hydrogen) atoms. The minimum atomic E-state index is -0.317. The topological polar surface area (TPSA) is 73.2 Å². The smallest absolute Gasteiger partial charge is 0.305 e. The molecule has 0 aliphatic rings. The molecule has 0 atom stereocenters. The molecular formula is C19H24FN3O3. The van der Waals surface area contributed by atoms with E-state index in [1.165, 1.54) is 25.4 Å². The number of benzene rings is 1. The number of carbonyl (C=O) groups is 2. The Labute approximate surface area is 152 Å². The van der Waals surface area contributed by atoms with Gasteiger partial charge in [-0.25, -0.2) is 9.07 Å². The predicted molar refractivity (Wildman–Crippen MR) is 95.7 cm³/mol. The standard InChI is InChI=1S/C19H24FN3O3/c1-14-17(13-22-23(14)16-10-8-15(20)9-11-16)19(25)21-12-6-4-3-5-7-18(24)26-2/h8-11,13H,3-7,12H2,1-2H3,(H,21,25). The molecule has 1 heterocycles. The van der Waals surface area contributed by atoms with Gasteiger partial charge in [-0.1, -0.05) is 12.8 Å². The molecule has 2 rings (SSSR count). The van der Waals surface area contributed by atoms with E-state index >= 15 is 0 Å². The first kappa shape index (κ1) is 19.6. The Morgan fingerprint density at radius 2 is 1.85 bits per heavy atom. The largest absolute Gasteiger partial charge is 0.469 e. The summed E-state index contributed by atoms with van der Waals surface area (Å²) in [6.07, 6.45) is 5.45. The Morgan fingerprint density at radius 3 is 2.54 bits per heavy atom. The van der Waals surface area contributed by atoms with Gasteiger partial charge in [-0.05, 0) is 44.0 Å². The number of halogens is 1. The van der Waals surface area contributed by atoms with Gasteiger partial charge in [-0.15, -0.1) is 0 Å². The van der Waals surface area contributed by atoms with Gasteiger partial charge in [0.05, 0.1) is 30.3 Å². The van der Waals surface area contributed by atoms with Gasteiger partial charge in [-0.3, -0.25) is 9.59 Å². The van der Waals surface area contributed by atoms with Crippen molar-refractivity contribution in [2.45, 2.75) is 39.0 Å². The Morgan fingerprint density at radius 1 is 1.15 bits per heavy atom. The van der Waals surface area contributed by atoms with Crippen LogP contribution in [0, 0.1) is 12.7 Å². The average Bonchev–Trinajstić information content (AvgIpc) is 3.02. The summed E-state index contributed by atoms with van der Waals surface area (Å²) < 4.78 is 19.2. The molecule has 0 aliphatic heterocycles. The van der Waals surface area contributed by atoms with Crippen LogP contribution in [0.5, 0.6) is 0 Å². The molecule has 0 saturated carbocycles. The Hall–Kier alpha value is -2.70. The maximum absolute atomic E-state index is 13.0. The third-order valence-corrected chi connectivity index (χ3v) is 4.15. The van der Waals surface area contributed by atoms with Crippen LogP contribution in [0.4, 0.5) is 4.39 Å². The van der Waals surface area contributed by atoms with Crippen LogP contribution in [0.25, 0.3) is 5.69 Å². The highest BCUT2D eigenvalue weighted by Crippen LogP contribution is 2.14. The second-order valence-corrected chi connectivity index (χ2v) is 6.03. The quantitative estimate of drug-likeness (QED) is 0.550. The minimum Gasteiger partial charge on any atom is -0.469 e. The van der Waals surface area contributed by atoms with Crippen molar-refractivity contribution in [1.29, 1.82) is 0 Å². The highest BCUT2D eigenvalue weighted by Gasteiger charge is 2.14. The summed E-state index contributed by atoms with van der Waals surface area (Å²) in [5.74, 6) is -0.680. The lowest BCUT2D eigenvalue weighted by Gasteiger charge is -2.07. The van der Waals surface area contributed by atoms with Crippen LogP contribution < -0.4 is 5.32 Å². The number of aromatic nitrogens is 2. The van der Waals surface area contributed by atoms with E-state index < -0.39 is 0 Å². The summed E-state index contributed by atoms with van der Waals surface area (Å²) >= 11 is 0. The maximum atomic E-state index is 13.0. The molecule has 6 nitrogen and oxygen atoms in total. The van der Waals surface area contributed by atoms with Crippen molar-refractivity contribution in [2.24, 2.45) is 0 Å². The molecule has 1 aromatic heterocycles. The number of carbonyl (C=O) groups excluding carboxylic acids is 2. The van der Waals surface area contributed by atoms with Gasteiger partial charge in [-0.2, -0.15) is 5.10 Å². The molecule has 140 valence electrons. The summed E-state index contributed by atoms with van der Waals surface area (Å²) in [6, 6.07) is 5.95. The normalized spacial score (nSPS) is 10.6. The Kier molecular flexibility index (Phi) is 7.32. The van der Waals surface area contributed by atoms with E-state index in [0.29, 0.717) is 29.9 Å². The lowest BCUT2D eigenvalue weighted by molar-refractivity contribution is -0.140. The van der Waals surface area contributed by atoms with E-state index in [0.717, 1.165) is 25.7 Å². The molecule has 0 aliphatic carbocycles. The van der Waals surface area contributed by atoms with Gasteiger partial charge in [0.2, 0.25) is 0 Å². The molecule has 0 radical (unpaired) electrons. The molecule has 1 aromatic carbocycles. The van der Waals surface area contributed by atoms with Crippen molar-refractivity contribution in [3.05, 3.63) is 47.5 Å². The summed E-state index contributed by atoms with van der Waals surface area (Å²) in [5.41, 5.74) is 1.90. The second kappa shape index (κ2) is 9.70. The molecule has 0 unspecified atom stereocenters. The molecule has 0 saturated heterocycles. The number of amides is 1. The van der Waals surface area contributed by atoms with E-state index in [1.54, 1.807) is 23.7 Å². The van der Waals surface area contributed by atoms with Crippen LogP contribution in [0.2, 0.25) is 0 Å². The number of esters is 1. The predicted octanol–water partition coefficient (Wildman–Crippen LogP) is 3.17. The van der Waals surface area contributed by atoms with Gasteiger partial charge < -0.3 is 10.1 Å². The Bertz CT molecular complexity index is 741. The molecule has 1 amide bonds. The van der Waals surface area contributed by atoms with E-state index in [4.69, 9.17) is 0 Å². The first-order valence-corrected chi connectivity index (χ1v) is 8.68. The number of ether oxygens (including phenoxy) is 1. The minimum absolute atomic E-state index is 0.176. The zero-order chi connectivity index (χ0) is 18.9. The van der Waals surface area contributed by atoms with Crippen LogP contribution in [0.15, 0.2) is 30.5 Å². The first-order chi connectivity index (χ1) is 12.5. The van der Waals surface area contributed by atoms with E-state index in [-0.39, 0.29) is 17.7 Å². The lowest BCUT2D eigenvalue weighted by Crippen LogP contribution is -2.24. The average molecular weight is 361 g/mol. The van der Waals surface area contributed by atoms with E-state index in [2.05, 4.69) is 15.2 Å². The van der Waals surface area contributed by atoms with Crippen LogP contribution in [0.1, 0.15) is 48.2 Å². The zero-order valence-corrected chi connectivity index (χ0v) is 15.1. The fraction of sp³-hybridized carbons (Fsp3) is 0.421. The monoisotopic (exact) mass is 361 g/mol. The lowest BCUT2D eigenvalue weighted by atomic mass is 10.1. The third-order valence-electron chi connectivity index (χ3n) is 4.15. The fourth-order valence-corrected chi connectivity index (χ4v) is 2.62. The molecule has 2 aromatic rings. The second-order valence-electron chi connectivity index (χ2n) is 6.03. The van der Waals surface area contributed by atoms with Crippen molar-refractivity contribution in [3.8, 4) is 5.69 Å². The number of unbranched alkanes of at least 4 members (excludes halogenated alkanes) is 3. The van der Waals surface area contributed by atoms with Crippen LogP contribution >= 0.6 is 0 Å². The van der Waals surface area contributed by atoms with E-state index in [1.807, 2.05) is 0 Å². The van der Waals surface area contributed by atoms with Gasteiger partial charge in [0, 0.05) is 13.0 Å². The molecule has 0 fully saturated rings. The number of nitrogens with one attached hydrogen (secondary N) is 1. The highest BCUT2D eigenvalue weighted by atomic mass is 19.1. The van der Waals surface area contributed by atoms with Crippen LogP contribution in [-0.2, 0) is 9.53 Å². The van der Waals surface area contributed by atoms with Crippen molar-refractivity contribution < 1.29 is 18.7 Å². The number of methoxy groups -OCH3 is 1. The molecule has 0 spiro atoms. The maximum Gasteiger partial charge on any atom is 0.305 e. The van der Waals surface area contributed by atoms with Crippen LogP contribution in [0.3, 0.4) is 0 Å². The molecular weight excluding hydrogens is 337 g/mol. The van der Waals surface area contributed by atoms with Crippen molar-refractivity contribution >= 4 is 11.9 Å². The summed E-state index contributed by atoms with van der Waals surface area (Å²) in [7, 11) is 1.39. The summed E-state index contributed by atoms with van der Waals surface area (Å²) in [5, 5.41) is 7.10. The van der Waals surface area contributed by atoms with Crippen molar-refractivity contribution in [3.63, 3.8) is 0 Å². The Balaban J connectivity index is 1.78. The van der Waals surface area contributed by atoms with E-state index in [9.17, 15) is 14.0 Å². The molecule has 0 bridgehead atoms. The van der Waals surface area contributed by atoms with Crippen molar-refractivity contribution in [2.75, 3.05) is 13.7 Å². The van der Waals surface area contributed by atoms with Gasteiger partial charge in [0.15, 0.2) is 0 Å². The SMILES string of the molecule is COC(=O)CCCCCCNC(=O)c1cnn(-c2ccc(F)cc2)c1C. The molecule has 1 N–H and O–H groups in total. The third kappa shape index (κ3) is 5.40. The first-order valence-electron chi connectivity index (χ1n) is 8.68. The van der Waals surface area contributed by atoms with Crippen LogP contribution in [-0.4, -0.2) is 35.3 Å². The van der Waals surface area contributed by atoms with Gasteiger partial charge in [0.1, 0.15) is 5.82 Å². The summed E-state index contributed by atoms with van der Waals surface area (Å²) in [4.78, 5) is 23.3. The van der Waals surface area contributed by atoms with Gasteiger partial charge in [0.25, 0.3) is 5.91 Å². The number of hydrogen-bond acceptors (Lipinski definition) is 4. The fourth-order valence-electron chi connectivity index (χ4n) is 2.62. The van der Waals surface area contributed by atoms with Crippen molar-refractivity contribution in [1.82, 2.24) is 15.1 Å². The number of hydrogen-bond donors (Lipinski definition) is 1. The number of nitrogens with zero attached hydrogens (tertiary/aromatic N) is 2. The zero-order valence-electron chi connectivity index (χ0n) is 15.1. The summed E-state index contributed by atoms with van der Waals surface area (Å²) in [6.45, 7) is 2.37. The molecule has 7 heteroatoms.